The summed E-state index contributed by atoms with van der Waals surface area (Å²) in [5, 5.41) is 2.56. The molecule has 1 aromatic heterocycles. The molecule has 0 saturated carbocycles. The standard InChI is InChI=1S/C26H19N/c1-3-11-20(12-4-1)19-26(21-13-5-2-6-14-21)27-24-17-9-7-15-22(24)23-16-8-10-18-25(23)27/h1-19H. The summed E-state index contributed by atoms with van der Waals surface area (Å²) in [5.74, 6) is 0. The normalized spacial score (nSPS) is 11.9. The molecule has 0 amide bonds. The largest absolute Gasteiger partial charge is 0.309 e. The van der Waals surface area contributed by atoms with Crippen molar-refractivity contribution < 1.29 is 0 Å². The molecule has 1 heterocycles. The van der Waals surface area contributed by atoms with Gasteiger partial charge in [-0.1, -0.05) is 97.1 Å². The first kappa shape index (κ1) is 15.7. The molecule has 0 saturated heterocycles. The molecule has 0 radical (unpaired) electrons. The lowest BCUT2D eigenvalue weighted by Gasteiger charge is -2.14. The lowest BCUT2D eigenvalue weighted by atomic mass is 10.1. The second-order valence-corrected chi connectivity index (χ2v) is 6.68. The molecule has 128 valence electrons. The molecule has 0 aliphatic heterocycles. The maximum absolute atomic E-state index is 2.38. The molecular weight excluding hydrogens is 326 g/mol. The van der Waals surface area contributed by atoms with E-state index in [4.69, 9.17) is 0 Å². The van der Waals surface area contributed by atoms with E-state index in [2.05, 4.69) is 120 Å². The van der Waals surface area contributed by atoms with Crippen LogP contribution in [0.15, 0.2) is 109 Å². The van der Waals surface area contributed by atoms with Crippen molar-refractivity contribution >= 4 is 33.6 Å². The zero-order chi connectivity index (χ0) is 18.1. The van der Waals surface area contributed by atoms with Crippen LogP contribution in [0.2, 0.25) is 0 Å². The number of rotatable bonds is 3. The number of hydrogen-bond donors (Lipinski definition) is 0. The zero-order valence-electron chi connectivity index (χ0n) is 14.9. The minimum Gasteiger partial charge on any atom is -0.309 e. The molecule has 4 aromatic carbocycles. The lowest BCUT2D eigenvalue weighted by molar-refractivity contribution is 1.22. The zero-order valence-corrected chi connectivity index (χ0v) is 14.9. The number of nitrogens with zero attached hydrogens (tertiary/aromatic N) is 1. The van der Waals surface area contributed by atoms with Crippen molar-refractivity contribution in [2.75, 3.05) is 0 Å². The van der Waals surface area contributed by atoms with Crippen LogP contribution >= 0.6 is 0 Å². The van der Waals surface area contributed by atoms with Crippen LogP contribution < -0.4 is 0 Å². The highest BCUT2D eigenvalue weighted by Crippen LogP contribution is 2.34. The third-order valence-corrected chi connectivity index (χ3v) is 4.99. The van der Waals surface area contributed by atoms with Gasteiger partial charge in [0.2, 0.25) is 0 Å². The number of hydrogen-bond acceptors (Lipinski definition) is 0. The maximum Gasteiger partial charge on any atom is 0.0541 e. The predicted molar refractivity (Wildman–Crippen MR) is 116 cm³/mol. The van der Waals surface area contributed by atoms with Crippen LogP contribution in [-0.2, 0) is 0 Å². The summed E-state index contributed by atoms with van der Waals surface area (Å²) in [6.07, 6.45) is 2.27. The van der Waals surface area contributed by atoms with Crippen molar-refractivity contribution in [3.8, 4) is 0 Å². The van der Waals surface area contributed by atoms with Gasteiger partial charge >= 0.3 is 0 Å². The number of benzene rings is 4. The van der Waals surface area contributed by atoms with E-state index in [0.717, 1.165) is 0 Å². The van der Waals surface area contributed by atoms with E-state index >= 15 is 0 Å². The van der Waals surface area contributed by atoms with Gasteiger partial charge in [-0.2, -0.15) is 0 Å². The third kappa shape index (κ3) is 2.74. The fraction of sp³-hybridized carbons (Fsp3) is 0. The van der Waals surface area contributed by atoms with E-state index in [-0.39, 0.29) is 0 Å². The summed E-state index contributed by atoms with van der Waals surface area (Å²) < 4.78 is 2.38. The van der Waals surface area contributed by atoms with Crippen molar-refractivity contribution in [2.45, 2.75) is 0 Å². The minimum absolute atomic E-state index is 1.18. The SMILES string of the molecule is C(=C(c1ccccc1)n1c2ccccc2c2ccccc21)c1ccccc1. The van der Waals surface area contributed by atoms with Crippen molar-refractivity contribution in [3.63, 3.8) is 0 Å². The van der Waals surface area contributed by atoms with Crippen LogP contribution in [0.4, 0.5) is 0 Å². The average molecular weight is 345 g/mol. The van der Waals surface area contributed by atoms with Gasteiger partial charge in [0.15, 0.2) is 0 Å². The summed E-state index contributed by atoms with van der Waals surface area (Å²) in [6.45, 7) is 0. The molecule has 0 unspecified atom stereocenters. The van der Waals surface area contributed by atoms with Gasteiger partial charge in [-0.05, 0) is 29.3 Å². The van der Waals surface area contributed by atoms with Crippen LogP contribution in [-0.4, -0.2) is 4.57 Å². The number of para-hydroxylation sites is 2. The molecule has 0 aliphatic rings. The molecule has 0 bridgehead atoms. The number of aromatic nitrogens is 1. The Balaban J connectivity index is 1.89. The van der Waals surface area contributed by atoms with Gasteiger partial charge in [-0.25, -0.2) is 0 Å². The van der Waals surface area contributed by atoms with Gasteiger partial charge in [-0.15, -0.1) is 0 Å². The first-order valence-corrected chi connectivity index (χ1v) is 9.22. The predicted octanol–water partition coefficient (Wildman–Crippen LogP) is 6.84. The van der Waals surface area contributed by atoms with Crippen LogP contribution in [0.25, 0.3) is 33.6 Å². The topological polar surface area (TPSA) is 4.93 Å². The van der Waals surface area contributed by atoms with Crippen LogP contribution in [0.5, 0.6) is 0 Å². The van der Waals surface area contributed by atoms with Crippen molar-refractivity contribution in [1.82, 2.24) is 4.57 Å². The highest BCUT2D eigenvalue weighted by molar-refractivity contribution is 6.11. The van der Waals surface area contributed by atoms with E-state index < -0.39 is 0 Å². The van der Waals surface area contributed by atoms with Gasteiger partial charge in [0.25, 0.3) is 0 Å². The van der Waals surface area contributed by atoms with E-state index in [9.17, 15) is 0 Å². The fourth-order valence-electron chi connectivity index (χ4n) is 3.78. The quantitative estimate of drug-likeness (QED) is 0.315. The molecule has 5 aromatic rings. The Morgan fingerprint density at radius 2 is 1.00 bits per heavy atom. The van der Waals surface area contributed by atoms with Gasteiger partial charge in [-0.3, -0.25) is 0 Å². The molecule has 5 rings (SSSR count). The smallest absolute Gasteiger partial charge is 0.0541 e. The Morgan fingerprint density at radius 1 is 0.519 bits per heavy atom. The molecule has 0 fully saturated rings. The monoisotopic (exact) mass is 345 g/mol. The molecule has 1 nitrogen and oxygen atoms in total. The minimum atomic E-state index is 1.18. The first-order chi connectivity index (χ1) is 13.4. The van der Waals surface area contributed by atoms with Crippen molar-refractivity contribution in [1.29, 1.82) is 0 Å². The summed E-state index contributed by atoms with van der Waals surface area (Å²) in [4.78, 5) is 0. The number of fused-ring (bicyclic) bond motifs is 3. The molecule has 1 heteroatoms. The molecule has 0 atom stereocenters. The molecule has 0 spiro atoms. The Morgan fingerprint density at radius 3 is 1.59 bits per heavy atom. The van der Waals surface area contributed by atoms with Gasteiger partial charge in [0.05, 0.1) is 16.7 Å². The van der Waals surface area contributed by atoms with Gasteiger partial charge < -0.3 is 4.57 Å². The first-order valence-electron chi connectivity index (χ1n) is 9.22. The molecule has 0 N–H and O–H groups in total. The van der Waals surface area contributed by atoms with Gasteiger partial charge in [0.1, 0.15) is 0 Å². The highest BCUT2D eigenvalue weighted by Gasteiger charge is 2.14. The third-order valence-electron chi connectivity index (χ3n) is 4.99. The van der Waals surface area contributed by atoms with Crippen molar-refractivity contribution in [2.24, 2.45) is 0 Å². The fourth-order valence-corrected chi connectivity index (χ4v) is 3.78. The highest BCUT2D eigenvalue weighted by atomic mass is 15.0. The van der Waals surface area contributed by atoms with E-state index in [0.29, 0.717) is 0 Å². The summed E-state index contributed by atoms with van der Waals surface area (Å²) >= 11 is 0. The Hall–Kier alpha value is -3.58. The second-order valence-electron chi connectivity index (χ2n) is 6.68. The second kappa shape index (κ2) is 6.62. The molecular formula is C26H19N. The Labute approximate surface area is 158 Å². The summed E-state index contributed by atoms with van der Waals surface area (Å²) in [5.41, 5.74) is 6.03. The van der Waals surface area contributed by atoms with Crippen LogP contribution in [0.3, 0.4) is 0 Å². The van der Waals surface area contributed by atoms with Crippen molar-refractivity contribution in [3.05, 3.63) is 120 Å². The van der Waals surface area contributed by atoms with Crippen LogP contribution in [0, 0.1) is 0 Å². The average Bonchev–Trinajstić information content (AvgIpc) is 3.08. The molecule has 0 aliphatic carbocycles. The van der Waals surface area contributed by atoms with E-state index in [1.54, 1.807) is 0 Å². The lowest BCUT2D eigenvalue weighted by Crippen LogP contribution is -1.99. The Kier molecular flexibility index (Phi) is 3.84. The van der Waals surface area contributed by atoms with Crippen LogP contribution in [0.1, 0.15) is 11.1 Å². The molecule has 27 heavy (non-hydrogen) atoms. The summed E-state index contributed by atoms with van der Waals surface area (Å²) in [6, 6.07) is 38.4. The Bertz CT molecular complexity index is 1190. The van der Waals surface area contributed by atoms with E-state index in [1.807, 2.05) is 0 Å². The maximum atomic E-state index is 2.38. The van der Waals surface area contributed by atoms with E-state index in [1.165, 1.54) is 38.6 Å². The van der Waals surface area contributed by atoms with Gasteiger partial charge in [0, 0.05) is 10.8 Å². The summed E-state index contributed by atoms with van der Waals surface area (Å²) in [7, 11) is 0.